The van der Waals surface area contributed by atoms with Gasteiger partial charge in [-0.3, -0.25) is 0 Å². The van der Waals surface area contributed by atoms with Crippen LogP contribution in [-0.4, -0.2) is 28.2 Å². The molecule has 0 aliphatic rings. The first-order chi connectivity index (χ1) is 16.1. The van der Waals surface area contributed by atoms with Crippen molar-refractivity contribution < 1.29 is 24.2 Å². The van der Waals surface area contributed by atoms with Gasteiger partial charge in [0.2, 0.25) is 0 Å². The lowest BCUT2D eigenvalue weighted by Gasteiger charge is -2.14. The highest BCUT2D eigenvalue weighted by Crippen LogP contribution is 2.28. The number of aromatic nitrogens is 1. The molecule has 7 heteroatoms. The highest BCUT2D eigenvalue weighted by molar-refractivity contribution is 5.89. The molecule has 1 atom stereocenters. The maximum absolute atomic E-state index is 12.2. The Kier molecular flexibility index (Phi) is 6.90. The van der Waals surface area contributed by atoms with Crippen LogP contribution in [0.5, 0.6) is 5.75 Å². The summed E-state index contributed by atoms with van der Waals surface area (Å²) in [7, 11) is 0. The molecule has 1 amide bonds. The largest absolute Gasteiger partial charge is 0.487 e. The number of aromatic amines is 1. The summed E-state index contributed by atoms with van der Waals surface area (Å²) in [6, 6.07) is 23.5. The fourth-order valence-corrected chi connectivity index (χ4v) is 3.54. The molecule has 1 heterocycles. The van der Waals surface area contributed by atoms with E-state index in [0.717, 1.165) is 27.6 Å². The summed E-state index contributed by atoms with van der Waals surface area (Å²) in [4.78, 5) is 27.1. The summed E-state index contributed by atoms with van der Waals surface area (Å²) in [6.07, 6.45) is 1.06. The molecule has 0 saturated carbocycles. The molecule has 0 radical (unpaired) electrons. The number of aliphatic carboxylic acids is 1. The van der Waals surface area contributed by atoms with E-state index in [1.807, 2.05) is 78.9 Å². The number of amides is 1. The number of rotatable bonds is 9. The van der Waals surface area contributed by atoms with Gasteiger partial charge in [0.25, 0.3) is 0 Å². The maximum Gasteiger partial charge on any atom is 0.408 e. The number of ether oxygens (including phenoxy) is 2. The van der Waals surface area contributed by atoms with Crippen LogP contribution in [0.4, 0.5) is 4.79 Å². The summed E-state index contributed by atoms with van der Waals surface area (Å²) < 4.78 is 11.1. The van der Waals surface area contributed by atoms with Crippen LogP contribution in [-0.2, 0) is 29.2 Å². The van der Waals surface area contributed by atoms with Crippen LogP contribution in [0.2, 0.25) is 0 Å². The number of fused-ring (bicyclic) bond motifs is 1. The smallest absolute Gasteiger partial charge is 0.408 e. The first kappa shape index (κ1) is 22.0. The highest BCUT2D eigenvalue weighted by atomic mass is 16.5. The highest BCUT2D eigenvalue weighted by Gasteiger charge is 2.23. The summed E-state index contributed by atoms with van der Waals surface area (Å²) in [5.41, 5.74) is 3.40. The molecule has 33 heavy (non-hydrogen) atoms. The Balaban J connectivity index is 1.42. The summed E-state index contributed by atoms with van der Waals surface area (Å²) in [6.45, 7) is 0.481. The predicted octanol–water partition coefficient (Wildman–Crippen LogP) is 4.67. The average molecular weight is 444 g/mol. The summed E-state index contributed by atoms with van der Waals surface area (Å²) in [5.74, 6) is -0.470. The van der Waals surface area contributed by atoms with Crippen LogP contribution in [0.15, 0.2) is 85.1 Å². The first-order valence-corrected chi connectivity index (χ1v) is 10.6. The Bertz CT molecular complexity index is 1220. The van der Waals surface area contributed by atoms with Crippen LogP contribution < -0.4 is 10.1 Å². The van der Waals surface area contributed by atoms with Gasteiger partial charge in [-0.15, -0.1) is 0 Å². The number of nitrogens with one attached hydrogen (secondary N) is 2. The number of carbonyl (C=O) groups is 2. The second-order valence-electron chi connectivity index (χ2n) is 7.57. The van der Waals surface area contributed by atoms with Crippen molar-refractivity contribution in [1.82, 2.24) is 10.3 Å². The molecule has 4 aromatic rings. The molecule has 1 unspecified atom stereocenters. The molecule has 0 aliphatic carbocycles. The van der Waals surface area contributed by atoms with E-state index < -0.39 is 18.1 Å². The van der Waals surface area contributed by atoms with Crippen molar-refractivity contribution in [3.05, 3.63) is 102 Å². The topological polar surface area (TPSA) is 101 Å². The van der Waals surface area contributed by atoms with Crippen LogP contribution in [0.3, 0.4) is 0 Å². The Hall–Kier alpha value is -4.26. The maximum atomic E-state index is 12.2. The molecular weight excluding hydrogens is 420 g/mol. The normalized spacial score (nSPS) is 11.6. The molecule has 168 valence electrons. The second kappa shape index (κ2) is 10.4. The number of benzene rings is 3. The average Bonchev–Trinajstić information content (AvgIpc) is 3.25. The molecule has 0 spiro atoms. The minimum atomic E-state index is -1.14. The lowest BCUT2D eigenvalue weighted by atomic mass is 10.0. The zero-order valence-electron chi connectivity index (χ0n) is 17.9. The number of alkyl carbamates (subject to hydrolysis) is 1. The monoisotopic (exact) mass is 444 g/mol. The minimum Gasteiger partial charge on any atom is -0.487 e. The molecule has 7 nitrogen and oxygen atoms in total. The summed E-state index contributed by atoms with van der Waals surface area (Å²) >= 11 is 0. The third kappa shape index (κ3) is 5.71. The number of H-pyrrole nitrogens is 1. The Labute approximate surface area is 191 Å². The zero-order chi connectivity index (χ0) is 23.0. The van der Waals surface area contributed by atoms with Gasteiger partial charge < -0.3 is 24.9 Å². The van der Waals surface area contributed by atoms with Crippen molar-refractivity contribution in [1.29, 1.82) is 0 Å². The van der Waals surface area contributed by atoms with Crippen molar-refractivity contribution >= 4 is 23.0 Å². The number of carbonyl (C=O) groups excluding carboxylic acids is 1. The van der Waals surface area contributed by atoms with E-state index in [0.29, 0.717) is 12.4 Å². The molecule has 3 N–H and O–H groups in total. The molecule has 3 aromatic carbocycles. The SMILES string of the molecule is O=C(NC(Cc1c[nH]c2c(OCc3ccccc3)cccc12)C(=O)O)OCc1ccccc1. The number of carboxylic acids is 1. The lowest BCUT2D eigenvalue weighted by molar-refractivity contribution is -0.139. The molecular formula is C26H24N2O5. The van der Waals surface area contributed by atoms with Gasteiger partial charge in [0.05, 0.1) is 5.52 Å². The van der Waals surface area contributed by atoms with Gasteiger partial charge in [-0.05, 0) is 22.8 Å². The minimum absolute atomic E-state index is 0.0637. The van der Waals surface area contributed by atoms with Crippen LogP contribution in [0, 0.1) is 0 Å². The van der Waals surface area contributed by atoms with Gasteiger partial charge in [-0.2, -0.15) is 0 Å². The Morgan fingerprint density at radius 3 is 2.21 bits per heavy atom. The quantitative estimate of drug-likeness (QED) is 0.348. The number of hydrogen-bond acceptors (Lipinski definition) is 4. The van der Waals surface area contributed by atoms with Gasteiger partial charge in [-0.25, -0.2) is 9.59 Å². The number of hydrogen-bond donors (Lipinski definition) is 3. The van der Waals surface area contributed by atoms with Crippen molar-refractivity contribution in [3.63, 3.8) is 0 Å². The predicted molar refractivity (Wildman–Crippen MR) is 124 cm³/mol. The lowest BCUT2D eigenvalue weighted by Crippen LogP contribution is -2.42. The van der Waals surface area contributed by atoms with Gasteiger partial charge in [0.1, 0.15) is 25.0 Å². The van der Waals surface area contributed by atoms with Crippen molar-refractivity contribution in [3.8, 4) is 5.75 Å². The molecule has 0 aliphatic heterocycles. The van der Waals surface area contributed by atoms with Gasteiger partial charge in [-0.1, -0.05) is 72.8 Å². The molecule has 0 bridgehead atoms. The van der Waals surface area contributed by atoms with Gasteiger partial charge >= 0.3 is 12.1 Å². The zero-order valence-corrected chi connectivity index (χ0v) is 17.9. The van der Waals surface area contributed by atoms with Gasteiger partial charge in [0.15, 0.2) is 0 Å². The second-order valence-corrected chi connectivity index (χ2v) is 7.57. The van der Waals surface area contributed by atoms with E-state index in [1.54, 1.807) is 6.20 Å². The molecule has 0 saturated heterocycles. The van der Waals surface area contributed by atoms with E-state index in [-0.39, 0.29) is 13.0 Å². The van der Waals surface area contributed by atoms with Crippen LogP contribution >= 0.6 is 0 Å². The Morgan fingerprint density at radius 1 is 0.879 bits per heavy atom. The third-order valence-corrected chi connectivity index (χ3v) is 5.23. The Morgan fingerprint density at radius 2 is 1.55 bits per heavy atom. The first-order valence-electron chi connectivity index (χ1n) is 10.6. The fraction of sp³-hybridized carbons (Fsp3) is 0.154. The molecule has 0 fully saturated rings. The van der Waals surface area contributed by atoms with Gasteiger partial charge in [0, 0.05) is 18.0 Å². The van der Waals surface area contributed by atoms with Crippen molar-refractivity contribution in [2.45, 2.75) is 25.7 Å². The number of carboxylic acid groups (broad SMARTS) is 1. The standard InChI is InChI=1S/C26H24N2O5/c29-25(30)22(28-26(31)33-17-19-10-5-2-6-11-19)14-20-15-27-24-21(20)12-7-13-23(24)32-16-18-8-3-1-4-9-18/h1-13,15,22,27H,14,16-17H2,(H,28,31)(H,29,30). The fourth-order valence-electron chi connectivity index (χ4n) is 3.54. The van der Waals surface area contributed by atoms with E-state index >= 15 is 0 Å². The summed E-state index contributed by atoms with van der Waals surface area (Å²) in [5, 5.41) is 12.9. The van der Waals surface area contributed by atoms with E-state index in [9.17, 15) is 14.7 Å². The molecule has 1 aromatic heterocycles. The third-order valence-electron chi connectivity index (χ3n) is 5.23. The van der Waals surface area contributed by atoms with Crippen molar-refractivity contribution in [2.24, 2.45) is 0 Å². The van der Waals surface area contributed by atoms with E-state index in [4.69, 9.17) is 9.47 Å². The van der Waals surface area contributed by atoms with Crippen molar-refractivity contribution in [2.75, 3.05) is 0 Å². The number of para-hydroxylation sites is 1. The van der Waals surface area contributed by atoms with Crippen LogP contribution in [0.1, 0.15) is 16.7 Å². The van der Waals surface area contributed by atoms with E-state index in [2.05, 4.69) is 10.3 Å². The van der Waals surface area contributed by atoms with E-state index in [1.165, 1.54) is 0 Å². The van der Waals surface area contributed by atoms with Crippen LogP contribution in [0.25, 0.3) is 10.9 Å². The molecule has 4 rings (SSSR count).